The van der Waals surface area contributed by atoms with Gasteiger partial charge in [-0.15, -0.1) is 0 Å². The van der Waals surface area contributed by atoms with E-state index in [1.54, 1.807) is 0 Å². The normalized spacial score (nSPS) is 12.4. The molecule has 0 radical (unpaired) electrons. The lowest BCUT2D eigenvalue weighted by atomic mass is 9.95. The van der Waals surface area contributed by atoms with Gasteiger partial charge in [-0.05, 0) is 12.0 Å². The average Bonchev–Trinajstić information content (AvgIpc) is 2.21. The van der Waals surface area contributed by atoms with Crippen molar-refractivity contribution >= 4 is 6.29 Å². The van der Waals surface area contributed by atoms with E-state index in [-0.39, 0.29) is 5.92 Å². The third kappa shape index (κ3) is 3.02. The molecular weight excluding hydrogens is 160 g/mol. The highest BCUT2D eigenvalue weighted by atomic mass is 16.1. The van der Waals surface area contributed by atoms with Crippen molar-refractivity contribution < 1.29 is 4.79 Å². The Labute approximate surface area is 79.8 Å². The summed E-state index contributed by atoms with van der Waals surface area (Å²) < 4.78 is 0. The number of benzene rings is 1. The monoisotopic (exact) mass is 176 g/mol. The van der Waals surface area contributed by atoms with Gasteiger partial charge in [0, 0.05) is 5.92 Å². The van der Waals surface area contributed by atoms with Gasteiger partial charge in [-0.1, -0.05) is 50.1 Å². The van der Waals surface area contributed by atoms with Gasteiger partial charge < -0.3 is 4.79 Å². The molecule has 0 aliphatic carbocycles. The summed E-state index contributed by atoms with van der Waals surface area (Å²) in [7, 11) is 0. The smallest absolute Gasteiger partial charge is 0.127 e. The fraction of sp³-hybridized carbons (Fsp3) is 0.417. The molecule has 0 heterocycles. The SMILES string of the molecule is CCCC[C@@H](C=O)c1ccccc1. The van der Waals surface area contributed by atoms with Crippen LogP contribution in [0.2, 0.25) is 0 Å². The summed E-state index contributed by atoms with van der Waals surface area (Å²) in [4.78, 5) is 10.8. The Morgan fingerprint density at radius 1 is 1.31 bits per heavy atom. The zero-order valence-corrected chi connectivity index (χ0v) is 8.07. The predicted molar refractivity (Wildman–Crippen MR) is 54.8 cm³/mol. The molecule has 0 saturated heterocycles. The van der Waals surface area contributed by atoms with Crippen molar-refractivity contribution in [3.63, 3.8) is 0 Å². The quantitative estimate of drug-likeness (QED) is 0.630. The Morgan fingerprint density at radius 2 is 2.00 bits per heavy atom. The van der Waals surface area contributed by atoms with Crippen LogP contribution < -0.4 is 0 Å². The molecular formula is C12H16O. The summed E-state index contributed by atoms with van der Waals surface area (Å²) in [6.45, 7) is 2.15. The van der Waals surface area contributed by atoms with Crippen LogP contribution in [-0.2, 0) is 4.79 Å². The van der Waals surface area contributed by atoms with Crippen molar-refractivity contribution in [3.8, 4) is 0 Å². The van der Waals surface area contributed by atoms with Gasteiger partial charge in [0.25, 0.3) is 0 Å². The molecule has 0 unspecified atom stereocenters. The van der Waals surface area contributed by atoms with E-state index in [2.05, 4.69) is 6.92 Å². The fourth-order valence-electron chi connectivity index (χ4n) is 1.44. The molecule has 0 saturated carbocycles. The molecule has 13 heavy (non-hydrogen) atoms. The molecule has 0 fully saturated rings. The number of carbonyl (C=O) groups is 1. The lowest BCUT2D eigenvalue weighted by Crippen LogP contribution is -1.99. The zero-order valence-electron chi connectivity index (χ0n) is 8.07. The maximum atomic E-state index is 10.8. The Balaban J connectivity index is 2.61. The van der Waals surface area contributed by atoms with Gasteiger partial charge in [-0.2, -0.15) is 0 Å². The van der Waals surface area contributed by atoms with Crippen molar-refractivity contribution in [2.24, 2.45) is 0 Å². The van der Waals surface area contributed by atoms with Crippen LogP contribution in [0, 0.1) is 0 Å². The molecule has 0 spiro atoms. The molecule has 1 rings (SSSR count). The molecule has 0 bridgehead atoms. The predicted octanol–water partition coefficient (Wildman–Crippen LogP) is 3.16. The van der Waals surface area contributed by atoms with E-state index in [4.69, 9.17) is 0 Å². The van der Waals surface area contributed by atoms with Crippen LogP contribution in [0.5, 0.6) is 0 Å². The Hall–Kier alpha value is -1.11. The summed E-state index contributed by atoms with van der Waals surface area (Å²) >= 11 is 0. The first-order chi connectivity index (χ1) is 6.38. The standard InChI is InChI=1S/C12H16O/c1-2-3-7-12(10-13)11-8-5-4-6-9-11/h4-6,8-10,12H,2-3,7H2,1H3/t12-/m0/s1. The van der Waals surface area contributed by atoms with Crippen molar-refractivity contribution in [1.82, 2.24) is 0 Å². The number of unbranched alkanes of at least 4 members (excludes halogenated alkanes) is 1. The van der Waals surface area contributed by atoms with Gasteiger partial charge >= 0.3 is 0 Å². The third-order valence-corrected chi connectivity index (χ3v) is 2.26. The second-order valence-electron chi connectivity index (χ2n) is 3.30. The van der Waals surface area contributed by atoms with Gasteiger partial charge in [0.05, 0.1) is 0 Å². The molecule has 0 N–H and O–H groups in total. The van der Waals surface area contributed by atoms with Crippen molar-refractivity contribution in [1.29, 1.82) is 0 Å². The molecule has 1 heteroatoms. The van der Waals surface area contributed by atoms with Crippen LogP contribution in [-0.4, -0.2) is 6.29 Å². The number of aldehydes is 1. The minimum atomic E-state index is 0.0983. The van der Waals surface area contributed by atoms with Crippen molar-refractivity contribution in [2.45, 2.75) is 32.1 Å². The molecule has 0 aromatic heterocycles. The molecule has 70 valence electrons. The highest BCUT2D eigenvalue weighted by molar-refractivity contribution is 5.61. The van der Waals surface area contributed by atoms with Crippen LogP contribution in [0.25, 0.3) is 0 Å². The maximum absolute atomic E-state index is 10.8. The fourth-order valence-corrected chi connectivity index (χ4v) is 1.44. The lowest BCUT2D eigenvalue weighted by Gasteiger charge is -2.08. The third-order valence-electron chi connectivity index (χ3n) is 2.26. The van der Waals surface area contributed by atoms with Gasteiger partial charge in [0.2, 0.25) is 0 Å². The van der Waals surface area contributed by atoms with E-state index in [9.17, 15) is 4.79 Å². The average molecular weight is 176 g/mol. The minimum Gasteiger partial charge on any atom is -0.303 e. The number of rotatable bonds is 5. The lowest BCUT2D eigenvalue weighted by molar-refractivity contribution is -0.109. The molecule has 1 aromatic carbocycles. The van der Waals surface area contributed by atoms with Gasteiger partial charge in [0.15, 0.2) is 0 Å². The van der Waals surface area contributed by atoms with E-state index < -0.39 is 0 Å². The highest BCUT2D eigenvalue weighted by Gasteiger charge is 2.07. The molecule has 1 aromatic rings. The molecule has 1 nitrogen and oxygen atoms in total. The van der Waals surface area contributed by atoms with Gasteiger partial charge in [0.1, 0.15) is 6.29 Å². The van der Waals surface area contributed by atoms with E-state index >= 15 is 0 Å². The second kappa shape index (κ2) is 5.52. The molecule has 0 amide bonds. The summed E-state index contributed by atoms with van der Waals surface area (Å²) in [6, 6.07) is 9.99. The van der Waals surface area contributed by atoms with E-state index in [0.717, 1.165) is 31.1 Å². The zero-order chi connectivity index (χ0) is 9.52. The summed E-state index contributed by atoms with van der Waals surface area (Å²) in [5.41, 5.74) is 1.14. The highest BCUT2D eigenvalue weighted by Crippen LogP contribution is 2.19. The van der Waals surface area contributed by atoms with Crippen molar-refractivity contribution in [3.05, 3.63) is 35.9 Å². The number of carbonyl (C=O) groups excluding carboxylic acids is 1. The second-order valence-corrected chi connectivity index (χ2v) is 3.30. The van der Waals surface area contributed by atoms with E-state index in [1.807, 2.05) is 30.3 Å². The number of hydrogen-bond donors (Lipinski definition) is 0. The number of hydrogen-bond acceptors (Lipinski definition) is 1. The Morgan fingerprint density at radius 3 is 2.54 bits per heavy atom. The Kier molecular flexibility index (Phi) is 4.24. The topological polar surface area (TPSA) is 17.1 Å². The van der Waals surface area contributed by atoms with Crippen LogP contribution in [0.15, 0.2) is 30.3 Å². The summed E-state index contributed by atoms with van der Waals surface area (Å²) in [5.74, 6) is 0.0983. The van der Waals surface area contributed by atoms with Crippen LogP contribution in [0.1, 0.15) is 37.7 Å². The molecule has 1 atom stereocenters. The Bertz CT molecular complexity index is 241. The van der Waals surface area contributed by atoms with Crippen LogP contribution in [0.4, 0.5) is 0 Å². The summed E-state index contributed by atoms with van der Waals surface area (Å²) in [6.07, 6.45) is 4.31. The summed E-state index contributed by atoms with van der Waals surface area (Å²) in [5, 5.41) is 0. The van der Waals surface area contributed by atoms with E-state index in [1.165, 1.54) is 0 Å². The van der Waals surface area contributed by atoms with Crippen LogP contribution in [0.3, 0.4) is 0 Å². The minimum absolute atomic E-state index is 0.0983. The van der Waals surface area contributed by atoms with Gasteiger partial charge in [-0.25, -0.2) is 0 Å². The van der Waals surface area contributed by atoms with Crippen LogP contribution >= 0.6 is 0 Å². The van der Waals surface area contributed by atoms with Crippen molar-refractivity contribution in [2.75, 3.05) is 0 Å². The molecule has 0 aliphatic heterocycles. The first kappa shape index (κ1) is 9.97. The first-order valence-corrected chi connectivity index (χ1v) is 4.88. The first-order valence-electron chi connectivity index (χ1n) is 4.88. The molecule has 0 aliphatic rings. The van der Waals surface area contributed by atoms with Gasteiger partial charge in [-0.3, -0.25) is 0 Å². The van der Waals surface area contributed by atoms with E-state index in [0.29, 0.717) is 0 Å². The largest absolute Gasteiger partial charge is 0.303 e. The maximum Gasteiger partial charge on any atom is 0.127 e.